The second kappa shape index (κ2) is 4.54. The fourth-order valence-corrected chi connectivity index (χ4v) is 5.07. The van der Waals surface area contributed by atoms with Crippen LogP contribution in [0.3, 0.4) is 0 Å². The molecule has 2 fully saturated rings. The lowest BCUT2D eigenvalue weighted by atomic mass is 9.68. The molecule has 0 aromatic rings. The number of fused-ring (bicyclic) bond motifs is 2. The van der Waals surface area contributed by atoms with Gasteiger partial charge in [-0.2, -0.15) is 0 Å². The van der Waals surface area contributed by atoms with Gasteiger partial charge in [-0.1, -0.05) is 47.8 Å². The van der Waals surface area contributed by atoms with Crippen molar-refractivity contribution in [3.8, 4) is 0 Å². The SMILES string of the molecule is O=C1[C@H](Br)[C@H]2CC(CBr)C[C@@H](C2)[C@H]1Br. The van der Waals surface area contributed by atoms with Crippen LogP contribution in [0.25, 0.3) is 0 Å². The molecule has 80 valence electrons. The van der Waals surface area contributed by atoms with E-state index in [9.17, 15) is 4.79 Å². The van der Waals surface area contributed by atoms with Crippen molar-refractivity contribution >= 4 is 53.6 Å². The van der Waals surface area contributed by atoms with Crippen molar-refractivity contribution in [2.75, 3.05) is 5.33 Å². The van der Waals surface area contributed by atoms with Crippen LogP contribution in [0.2, 0.25) is 0 Å². The Morgan fingerprint density at radius 1 is 1.07 bits per heavy atom. The Bertz CT molecular complexity index is 220. The Balaban J connectivity index is 2.15. The average molecular weight is 389 g/mol. The van der Waals surface area contributed by atoms with Gasteiger partial charge < -0.3 is 0 Å². The van der Waals surface area contributed by atoms with Crippen molar-refractivity contribution in [1.29, 1.82) is 0 Å². The number of alkyl halides is 3. The van der Waals surface area contributed by atoms with Crippen molar-refractivity contribution in [3.63, 3.8) is 0 Å². The molecule has 0 spiro atoms. The van der Waals surface area contributed by atoms with Crippen LogP contribution in [-0.2, 0) is 4.79 Å². The highest BCUT2D eigenvalue weighted by molar-refractivity contribution is 9.10. The summed E-state index contributed by atoms with van der Waals surface area (Å²) in [5.74, 6) is 2.25. The molecule has 4 heteroatoms. The highest BCUT2D eigenvalue weighted by Gasteiger charge is 2.45. The molecule has 0 aliphatic heterocycles. The Labute approximate surface area is 110 Å². The summed E-state index contributed by atoms with van der Waals surface area (Å²) in [4.78, 5) is 12.0. The van der Waals surface area contributed by atoms with Gasteiger partial charge in [0.2, 0.25) is 0 Å². The third kappa shape index (κ3) is 1.99. The number of carbonyl (C=O) groups is 1. The molecule has 0 aromatic carbocycles. The quantitative estimate of drug-likeness (QED) is 0.628. The van der Waals surface area contributed by atoms with Gasteiger partial charge in [-0.05, 0) is 37.0 Å². The lowest BCUT2D eigenvalue weighted by Crippen LogP contribution is -2.46. The normalized spacial score (nSPS) is 47.9. The molecular formula is C10H13Br3O. The minimum atomic E-state index is 0.0879. The zero-order valence-corrected chi connectivity index (χ0v) is 12.5. The first-order valence-corrected chi connectivity index (χ1v) is 7.96. The first kappa shape index (κ1) is 11.6. The molecule has 2 saturated carbocycles. The van der Waals surface area contributed by atoms with E-state index in [0.29, 0.717) is 17.6 Å². The third-order valence-corrected chi connectivity index (χ3v) is 6.78. The number of hydrogen-bond donors (Lipinski definition) is 0. The first-order valence-electron chi connectivity index (χ1n) is 5.01. The summed E-state index contributed by atoms with van der Waals surface area (Å²) in [6.45, 7) is 0. The molecule has 0 aromatic heterocycles. The number of halogens is 3. The maximum atomic E-state index is 11.8. The maximum absolute atomic E-state index is 11.8. The topological polar surface area (TPSA) is 17.1 Å². The summed E-state index contributed by atoms with van der Waals surface area (Å²) in [6, 6.07) is 0. The zero-order valence-electron chi connectivity index (χ0n) is 7.76. The molecule has 2 rings (SSSR count). The number of Topliss-reactive ketones (excluding diaryl/α,β-unsaturated/α-hetero) is 1. The molecule has 2 aliphatic carbocycles. The molecule has 0 unspecified atom stereocenters. The molecule has 0 saturated heterocycles. The Morgan fingerprint density at radius 2 is 1.57 bits per heavy atom. The third-order valence-electron chi connectivity index (χ3n) is 3.47. The molecule has 0 amide bonds. The minimum Gasteiger partial charge on any atom is -0.297 e. The van der Waals surface area contributed by atoms with Gasteiger partial charge >= 0.3 is 0 Å². The van der Waals surface area contributed by atoms with Crippen molar-refractivity contribution < 1.29 is 4.79 Å². The van der Waals surface area contributed by atoms with Crippen LogP contribution in [0.4, 0.5) is 0 Å². The van der Waals surface area contributed by atoms with Gasteiger partial charge in [0, 0.05) is 5.33 Å². The number of ketones is 1. The summed E-state index contributed by atoms with van der Waals surface area (Å²) in [5, 5.41) is 1.08. The van der Waals surface area contributed by atoms with Crippen LogP contribution in [0.1, 0.15) is 19.3 Å². The molecule has 2 aliphatic rings. The van der Waals surface area contributed by atoms with Crippen LogP contribution in [0.5, 0.6) is 0 Å². The van der Waals surface area contributed by atoms with Gasteiger partial charge in [0.15, 0.2) is 5.78 Å². The smallest absolute Gasteiger partial charge is 0.160 e. The van der Waals surface area contributed by atoms with Gasteiger partial charge in [0.1, 0.15) is 0 Å². The van der Waals surface area contributed by atoms with Gasteiger partial charge in [-0.15, -0.1) is 0 Å². The second-order valence-electron chi connectivity index (χ2n) is 4.45. The van der Waals surface area contributed by atoms with E-state index in [2.05, 4.69) is 47.8 Å². The van der Waals surface area contributed by atoms with E-state index in [-0.39, 0.29) is 9.65 Å². The van der Waals surface area contributed by atoms with E-state index in [1.807, 2.05) is 0 Å². The van der Waals surface area contributed by atoms with E-state index in [4.69, 9.17) is 0 Å². The van der Waals surface area contributed by atoms with Gasteiger partial charge in [-0.25, -0.2) is 0 Å². The van der Waals surface area contributed by atoms with Crippen molar-refractivity contribution in [1.82, 2.24) is 0 Å². The van der Waals surface area contributed by atoms with E-state index in [1.54, 1.807) is 0 Å². The summed E-state index contributed by atoms with van der Waals surface area (Å²) < 4.78 is 0. The Kier molecular flexibility index (Phi) is 3.76. The Morgan fingerprint density at radius 3 is 2.00 bits per heavy atom. The van der Waals surface area contributed by atoms with E-state index < -0.39 is 0 Å². The number of carbonyl (C=O) groups excluding carboxylic acids is 1. The predicted molar refractivity (Wildman–Crippen MR) is 68.6 cm³/mol. The molecule has 0 N–H and O–H groups in total. The fourth-order valence-electron chi connectivity index (χ4n) is 2.75. The highest BCUT2D eigenvalue weighted by Crippen LogP contribution is 2.46. The zero-order chi connectivity index (χ0) is 10.3. The van der Waals surface area contributed by atoms with E-state index >= 15 is 0 Å². The van der Waals surface area contributed by atoms with Crippen LogP contribution < -0.4 is 0 Å². The summed E-state index contributed by atoms with van der Waals surface area (Å²) >= 11 is 10.6. The van der Waals surface area contributed by atoms with Crippen LogP contribution in [0.15, 0.2) is 0 Å². The monoisotopic (exact) mass is 386 g/mol. The standard InChI is InChI=1S/C10H13Br3O/c11-4-5-1-6-3-7(2-5)9(13)10(14)8(6)12/h5-9H,1-4H2/t6-,7-,8+,9+/m0/s1. The minimum absolute atomic E-state index is 0.0879. The number of hydrogen-bond acceptors (Lipinski definition) is 1. The van der Waals surface area contributed by atoms with E-state index in [0.717, 1.165) is 11.2 Å². The predicted octanol–water partition coefficient (Wildman–Crippen LogP) is 3.52. The first-order chi connectivity index (χ1) is 6.63. The Hall–Kier alpha value is 1.11. The van der Waals surface area contributed by atoms with Gasteiger partial charge in [0.25, 0.3) is 0 Å². The highest BCUT2D eigenvalue weighted by atomic mass is 79.9. The molecule has 4 atom stereocenters. The molecular weight excluding hydrogens is 376 g/mol. The average Bonchev–Trinajstić information content (AvgIpc) is 2.23. The van der Waals surface area contributed by atoms with Gasteiger partial charge in [0.05, 0.1) is 9.65 Å². The van der Waals surface area contributed by atoms with E-state index in [1.165, 1.54) is 19.3 Å². The molecule has 1 nitrogen and oxygen atoms in total. The lowest BCUT2D eigenvalue weighted by Gasteiger charge is -2.43. The molecule has 0 radical (unpaired) electrons. The summed E-state index contributed by atoms with van der Waals surface area (Å²) in [7, 11) is 0. The lowest BCUT2D eigenvalue weighted by molar-refractivity contribution is -0.122. The number of rotatable bonds is 1. The molecule has 2 bridgehead atoms. The largest absolute Gasteiger partial charge is 0.297 e. The summed E-state index contributed by atoms with van der Waals surface area (Å²) in [6.07, 6.45) is 3.60. The molecule has 0 heterocycles. The second-order valence-corrected chi connectivity index (χ2v) is 7.07. The van der Waals surface area contributed by atoms with Crippen molar-refractivity contribution in [2.45, 2.75) is 28.9 Å². The van der Waals surface area contributed by atoms with Crippen LogP contribution in [-0.4, -0.2) is 20.8 Å². The van der Waals surface area contributed by atoms with Crippen molar-refractivity contribution in [2.24, 2.45) is 17.8 Å². The van der Waals surface area contributed by atoms with Crippen LogP contribution in [0, 0.1) is 17.8 Å². The fraction of sp³-hybridized carbons (Fsp3) is 0.900. The maximum Gasteiger partial charge on any atom is 0.160 e. The van der Waals surface area contributed by atoms with Gasteiger partial charge in [-0.3, -0.25) is 4.79 Å². The summed E-state index contributed by atoms with van der Waals surface area (Å²) in [5.41, 5.74) is 0. The van der Waals surface area contributed by atoms with Crippen LogP contribution >= 0.6 is 47.8 Å². The molecule has 14 heavy (non-hydrogen) atoms. The van der Waals surface area contributed by atoms with Crippen molar-refractivity contribution in [3.05, 3.63) is 0 Å².